The number of aryl methyl sites for hydroxylation is 1. The highest BCUT2D eigenvalue weighted by molar-refractivity contribution is 5.86. The van der Waals surface area contributed by atoms with Crippen LogP contribution in [-0.2, 0) is 13.5 Å². The van der Waals surface area contributed by atoms with Crippen molar-refractivity contribution in [3.05, 3.63) is 41.7 Å². The Labute approximate surface area is 100 Å². The number of rotatable bonds is 3. The Kier molecular flexibility index (Phi) is 3.00. The number of nitrogens with zero attached hydrogens (tertiary/aromatic N) is 1. The molecule has 1 heterocycles. The summed E-state index contributed by atoms with van der Waals surface area (Å²) in [7, 11) is 1.88. The fraction of sp³-hybridized carbons (Fsp3) is 0.214. The van der Waals surface area contributed by atoms with Gasteiger partial charge in [0.1, 0.15) is 5.75 Å². The second-order valence-electron chi connectivity index (χ2n) is 4.02. The number of carbonyl (C=O) groups excluding carboxylic acids is 1. The van der Waals surface area contributed by atoms with Gasteiger partial charge < -0.3 is 9.67 Å². The molecular weight excluding hydrogens is 214 g/mol. The Morgan fingerprint density at radius 3 is 2.71 bits per heavy atom. The average Bonchev–Trinajstić information content (AvgIpc) is 2.65. The first kappa shape index (κ1) is 11.5. The van der Waals surface area contributed by atoms with Crippen molar-refractivity contribution < 1.29 is 9.90 Å². The number of hydrogen-bond donors (Lipinski definition) is 1. The van der Waals surface area contributed by atoms with E-state index < -0.39 is 0 Å². The van der Waals surface area contributed by atoms with Crippen LogP contribution < -0.4 is 0 Å². The first-order valence-corrected chi connectivity index (χ1v) is 5.60. The summed E-state index contributed by atoms with van der Waals surface area (Å²) in [5.41, 5.74) is 3.48. The second-order valence-corrected chi connectivity index (χ2v) is 4.02. The van der Waals surface area contributed by atoms with Crippen molar-refractivity contribution in [1.82, 2.24) is 4.57 Å². The molecule has 0 radical (unpaired) electrons. The van der Waals surface area contributed by atoms with Crippen LogP contribution in [0.4, 0.5) is 0 Å². The molecule has 88 valence electrons. The van der Waals surface area contributed by atoms with Crippen molar-refractivity contribution in [3.63, 3.8) is 0 Å². The Balaban J connectivity index is 2.62. The molecule has 1 N–H and O–H groups in total. The minimum atomic E-state index is 0.209. The summed E-state index contributed by atoms with van der Waals surface area (Å²) in [5.74, 6) is 0.209. The lowest BCUT2D eigenvalue weighted by molar-refractivity contribution is 0.111. The number of aromatic hydroxyl groups is 1. The number of phenolic OH excluding ortho intramolecular Hbond substituents is 1. The van der Waals surface area contributed by atoms with Gasteiger partial charge >= 0.3 is 0 Å². The molecular formula is C14H15NO2. The first-order chi connectivity index (χ1) is 8.17. The van der Waals surface area contributed by atoms with Crippen LogP contribution in [0.1, 0.15) is 23.1 Å². The highest BCUT2D eigenvalue weighted by atomic mass is 16.3. The highest BCUT2D eigenvalue weighted by Gasteiger charge is 2.12. The van der Waals surface area contributed by atoms with E-state index >= 15 is 0 Å². The summed E-state index contributed by atoms with van der Waals surface area (Å²) in [6.07, 6.45) is 1.73. The highest BCUT2D eigenvalue weighted by Crippen LogP contribution is 2.28. The van der Waals surface area contributed by atoms with Gasteiger partial charge in [-0.1, -0.05) is 19.1 Å². The fourth-order valence-electron chi connectivity index (χ4n) is 2.06. The Hall–Kier alpha value is -2.03. The van der Waals surface area contributed by atoms with Gasteiger partial charge in [-0.3, -0.25) is 4.79 Å². The van der Waals surface area contributed by atoms with Gasteiger partial charge in [0, 0.05) is 18.3 Å². The molecule has 0 aliphatic carbocycles. The van der Waals surface area contributed by atoms with E-state index in [-0.39, 0.29) is 5.75 Å². The minimum absolute atomic E-state index is 0.209. The number of aldehydes is 1. The standard InChI is InChI=1S/C14H15NO2/c1-3-11-8-13(14(9-16)15(11)2)10-5-4-6-12(17)7-10/h4-9,17H,3H2,1-2H3. The third-order valence-electron chi connectivity index (χ3n) is 3.01. The van der Waals surface area contributed by atoms with Crippen LogP contribution in [0.2, 0.25) is 0 Å². The maximum absolute atomic E-state index is 11.2. The number of hydrogen-bond acceptors (Lipinski definition) is 2. The van der Waals surface area contributed by atoms with Crippen molar-refractivity contribution in [2.45, 2.75) is 13.3 Å². The summed E-state index contributed by atoms with van der Waals surface area (Å²) in [4.78, 5) is 11.2. The molecule has 0 saturated carbocycles. The zero-order valence-corrected chi connectivity index (χ0v) is 9.97. The fourth-order valence-corrected chi connectivity index (χ4v) is 2.06. The van der Waals surface area contributed by atoms with Crippen LogP contribution in [0.3, 0.4) is 0 Å². The summed E-state index contributed by atoms with van der Waals surface area (Å²) in [6, 6.07) is 8.95. The zero-order chi connectivity index (χ0) is 12.4. The summed E-state index contributed by atoms with van der Waals surface area (Å²) < 4.78 is 1.90. The van der Waals surface area contributed by atoms with Gasteiger partial charge in [0.05, 0.1) is 5.69 Å². The lowest BCUT2D eigenvalue weighted by atomic mass is 10.1. The molecule has 0 bridgehead atoms. The molecule has 0 amide bonds. The van der Waals surface area contributed by atoms with Crippen molar-refractivity contribution >= 4 is 6.29 Å². The summed E-state index contributed by atoms with van der Waals surface area (Å²) >= 11 is 0. The van der Waals surface area contributed by atoms with Gasteiger partial charge in [0.2, 0.25) is 0 Å². The summed E-state index contributed by atoms with van der Waals surface area (Å²) in [6.45, 7) is 2.05. The van der Waals surface area contributed by atoms with Gasteiger partial charge in [-0.15, -0.1) is 0 Å². The maximum Gasteiger partial charge on any atom is 0.167 e. The Bertz CT molecular complexity index is 555. The predicted octanol–water partition coefficient (Wildman–Crippen LogP) is 2.77. The molecule has 17 heavy (non-hydrogen) atoms. The summed E-state index contributed by atoms with van der Waals surface area (Å²) in [5, 5.41) is 9.48. The molecule has 1 aromatic heterocycles. The predicted molar refractivity (Wildman–Crippen MR) is 67.3 cm³/mol. The van der Waals surface area contributed by atoms with Crippen LogP contribution in [-0.4, -0.2) is 16.0 Å². The molecule has 0 aliphatic heterocycles. The SMILES string of the molecule is CCc1cc(-c2cccc(O)c2)c(C=O)n1C. The van der Waals surface area contributed by atoms with Gasteiger partial charge in [0.25, 0.3) is 0 Å². The van der Waals surface area contributed by atoms with Crippen molar-refractivity contribution in [3.8, 4) is 16.9 Å². The normalized spacial score (nSPS) is 10.5. The van der Waals surface area contributed by atoms with E-state index in [4.69, 9.17) is 0 Å². The van der Waals surface area contributed by atoms with E-state index in [9.17, 15) is 9.90 Å². The van der Waals surface area contributed by atoms with Crippen LogP contribution in [0.5, 0.6) is 5.75 Å². The van der Waals surface area contributed by atoms with Gasteiger partial charge in [-0.05, 0) is 30.2 Å². The number of aromatic nitrogens is 1. The molecule has 0 atom stereocenters. The van der Waals surface area contributed by atoms with Crippen LogP contribution in [0.15, 0.2) is 30.3 Å². The number of phenols is 1. The van der Waals surface area contributed by atoms with E-state index in [1.54, 1.807) is 18.2 Å². The first-order valence-electron chi connectivity index (χ1n) is 5.60. The lowest BCUT2D eigenvalue weighted by Crippen LogP contribution is -1.99. The quantitative estimate of drug-likeness (QED) is 0.822. The third-order valence-corrected chi connectivity index (χ3v) is 3.01. The van der Waals surface area contributed by atoms with Gasteiger partial charge in [-0.25, -0.2) is 0 Å². The largest absolute Gasteiger partial charge is 0.508 e. The second kappa shape index (κ2) is 4.45. The Morgan fingerprint density at radius 1 is 1.35 bits per heavy atom. The van der Waals surface area contributed by atoms with E-state index in [2.05, 4.69) is 6.92 Å². The van der Waals surface area contributed by atoms with E-state index in [0.29, 0.717) is 5.69 Å². The number of carbonyl (C=O) groups is 1. The molecule has 3 heteroatoms. The number of benzene rings is 1. The average molecular weight is 229 g/mol. The lowest BCUT2D eigenvalue weighted by Gasteiger charge is -2.02. The van der Waals surface area contributed by atoms with Crippen LogP contribution in [0, 0.1) is 0 Å². The van der Waals surface area contributed by atoms with Crippen LogP contribution in [0.25, 0.3) is 11.1 Å². The van der Waals surface area contributed by atoms with Crippen molar-refractivity contribution in [1.29, 1.82) is 0 Å². The van der Waals surface area contributed by atoms with E-state index in [1.165, 1.54) is 0 Å². The molecule has 0 saturated heterocycles. The van der Waals surface area contributed by atoms with E-state index in [0.717, 1.165) is 29.5 Å². The van der Waals surface area contributed by atoms with Crippen molar-refractivity contribution in [2.75, 3.05) is 0 Å². The van der Waals surface area contributed by atoms with Gasteiger partial charge in [-0.2, -0.15) is 0 Å². The Morgan fingerprint density at radius 2 is 2.12 bits per heavy atom. The molecule has 0 unspecified atom stereocenters. The molecule has 1 aromatic carbocycles. The molecule has 0 spiro atoms. The molecule has 2 rings (SSSR count). The smallest absolute Gasteiger partial charge is 0.167 e. The molecule has 3 nitrogen and oxygen atoms in total. The van der Waals surface area contributed by atoms with Gasteiger partial charge in [0.15, 0.2) is 6.29 Å². The zero-order valence-electron chi connectivity index (χ0n) is 9.97. The monoisotopic (exact) mass is 229 g/mol. The third kappa shape index (κ3) is 1.96. The molecule has 2 aromatic rings. The minimum Gasteiger partial charge on any atom is -0.508 e. The van der Waals surface area contributed by atoms with Crippen LogP contribution >= 0.6 is 0 Å². The van der Waals surface area contributed by atoms with Crippen molar-refractivity contribution in [2.24, 2.45) is 7.05 Å². The van der Waals surface area contributed by atoms with E-state index in [1.807, 2.05) is 23.7 Å². The molecule has 0 aliphatic rings. The molecule has 0 fully saturated rings. The maximum atomic E-state index is 11.2. The topological polar surface area (TPSA) is 42.2 Å².